The third kappa shape index (κ3) is 3.22. The lowest BCUT2D eigenvalue weighted by atomic mass is 10.1. The number of fused-ring (bicyclic) bond motifs is 1. The summed E-state index contributed by atoms with van der Waals surface area (Å²) >= 11 is 1.68. The van der Waals surface area contributed by atoms with Crippen molar-refractivity contribution in [1.82, 2.24) is 19.7 Å². The molecule has 0 fully saturated rings. The molecule has 4 nitrogen and oxygen atoms in total. The molecule has 2 heterocycles. The van der Waals surface area contributed by atoms with Gasteiger partial charge in [-0.25, -0.2) is 0 Å². The summed E-state index contributed by atoms with van der Waals surface area (Å²) in [6.45, 7) is 5.07. The van der Waals surface area contributed by atoms with E-state index in [-0.39, 0.29) is 0 Å². The molecule has 2 aromatic heterocycles. The molecular weight excluding hydrogens is 340 g/mol. The third-order valence-corrected chi connectivity index (χ3v) is 5.42. The molecule has 0 radical (unpaired) electrons. The van der Waals surface area contributed by atoms with Crippen molar-refractivity contribution in [3.63, 3.8) is 0 Å². The topological polar surface area (TPSA) is 43.6 Å². The molecular formula is C21H20N4S. The Hall–Kier alpha value is -2.66. The molecule has 0 saturated heterocycles. The quantitative estimate of drug-likeness (QED) is 0.464. The van der Waals surface area contributed by atoms with Crippen molar-refractivity contribution in [3.05, 3.63) is 71.9 Å². The monoisotopic (exact) mass is 360 g/mol. The molecule has 0 aliphatic heterocycles. The van der Waals surface area contributed by atoms with E-state index in [2.05, 4.69) is 58.9 Å². The first-order valence-electron chi connectivity index (χ1n) is 8.73. The van der Waals surface area contributed by atoms with Gasteiger partial charge in [0.1, 0.15) is 0 Å². The Labute approximate surface area is 157 Å². The van der Waals surface area contributed by atoms with E-state index in [0.29, 0.717) is 0 Å². The fourth-order valence-corrected chi connectivity index (χ4v) is 3.94. The average Bonchev–Trinajstić information content (AvgIpc) is 3.09. The molecule has 4 aromatic rings. The second kappa shape index (κ2) is 7.30. The van der Waals surface area contributed by atoms with E-state index in [1.165, 1.54) is 10.9 Å². The molecule has 0 saturated carbocycles. The molecule has 0 bridgehead atoms. The van der Waals surface area contributed by atoms with E-state index in [1.54, 1.807) is 11.8 Å². The first-order valence-corrected chi connectivity index (χ1v) is 9.71. The second-order valence-corrected chi connectivity index (χ2v) is 7.09. The second-order valence-electron chi connectivity index (χ2n) is 6.15. The van der Waals surface area contributed by atoms with Gasteiger partial charge in [0.2, 0.25) is 0 Å². The summed E-state index contributed by atoms with van der Waals surface area (Å²) < 4.78 is 2.17. The molecule has 0 N–H and O–H groups in total. The summed E-state index contributed by atoms with van der Waals surface area (Å²) in [5.74, 6) is 1.70. The van der Waals surface area contributed by atoms with Crippen LogP contribution in [0.3, 0.4) is 0 Å². The fraction of sp³-hybridized carbons (Fsp3) is 0.190. The Kier molecular flexibility index (Phi) is 4.71. The predicted octanol–water partition coefficient (Wildman–Crippen LogP) is 5.11. The molecule has 5 heteroatoms. The normalized spacial score (nSPS) is 11.2. The molecule has 0 spiro atoms. The molecule has 0 unspecified atom stereocenters. The molecule has 0 atom stereocenters. The number of aromatic nitrogens is 4. The molecule has 0 amide bonds. The summed E-state index contributed by atoms with van der Waals surface area (Å²) in [5.41, 5.74) is 4.43. The third-order valence-electron chi connectivity index (χ3n) is 4.42. The van der Waals surface area contributed by atoms with Crippen LogP contribution in [-0.4, -0.2) is 19.7 Å². The van der Waals surface area contributed by atoms with Gasteiger partial charge in [-0.05, 0) is 31.5 Å². The molecule has 4 rings (SSSR count). The molecule has 26 heavy (non-hydrogen) atoms. The zero-order valence-corrected chi connectivity index (χ0v) is 15.7. The number of benzene rings is 2. The van der Waals surface area contributed by atoms with Crippen LogP contribution in [-0.2, 0) is 12.3 Å². The minimum absolute atomic E-state index is 0.775. The van der Waals surface area contributed by atoms with Gasteiger partial charge in [0.15, 0.2) is 11.0 Å². The molecule has 2 aromatic carbocycles. The number of aryl methyl sites for hydroxylation is 1. The molecule has 130 valence electrons. The van der Waals surface area contributed by atoms with Crippen molar-refractivity contribution in [3.8, 4) is 11.4 Å². The van der Waals surface area contributed by atoms with E-state index < -0.39 is 0 Å². The van der Waals surface area contributed by atoms with Crippen molar-refractivity contribution >= 4 is 22.7 Å². The highest BCUT2D eigenvalue weighted by Gasteiger charge is 2.14. The molecule has 0 aliphatic rings. The maximum Gasteiger partial charge on any atom is 0.191 e. The number of rotatable bonds is 5. The highest BCUT2D eigenvalue weighted by molar-refractivity contribution is 7.98. The van der Waals surface area contributed by atoms with Crippen LogP contribution in [0.4, 0.5) is 0 Å². The fourth-order valence-electron chi connectivity index (χ4n) is 3.03. The van der Waals surface area contributed by atoms with Crippen molar-refractivity contribution in [2.24, 2.45) is 0 Å². The summed E-state index contributed by atoms with van der Waals surface area (Å²) in [4.78, 5) is 4.75. The Morgan fingerprint density at radius 1 is 0.923 bits per heavy atom. The van der Waals surface area contributed by atoms with E-state index in [4.69, 9.17) is 4.98 Å². The highest BCUT2D eigenvalue weighted by Crippen LogP contribution is 2.28. The van der Waals surface area contributed by atoms with Gasteiger partial charge in [0.05, 0.1) is 11.2 Å². The van der Waals surface area contributed by atoms with Gasteiger partial charge in [-0.3, -0.25) is 4.98 Å². The van der Waals surface area contributed by atoms with Gasteiger partial charge >= 0.3 is 0 Å². The van der Waals surface area contributed by atoms with Gasteiger partial charge in [0.25, 0.3) is 0 Å². The van der Waals surface area contributed by atoms with E-state index in [1.807, 2.05) is 30.3 Å². The highest BCUT2D eigenvalue weighted by atomic mass is 32.2. The van der Waals surface area contributed by atoms with Crippen LogP contribution in [0.15, 0.2) is 65.8 Å². The maximum absolute atomic E-state index is 4.75. The van der Waals surface area contributed by atoms with Crippen LogP contribution in [0, 0.1) is 6.92 Å². The lowest BCUT2D eigenvalue weighted by Crippen LogP contribution is -2.01. The summed E-state index contributed by atoms with van der Waals surface area (Å²) in [6.07, 6.45) is 0. The van der Waals surface area contributed by atoms with Crippen LogP contribution in [0.1, 0.15) is 18.2 Å². The van der Waals surface area contributed by atoms with Crippen LogP contribution in [0.2, 0.25) is 0 Å². The Morgan fingerprint density at radius 3 is 2.58 bits per heavy atom. The number of para-hydroxylation sites is 1. The first kappa shape index (κ1) is 16.8. The van der Waals surface area contributed by atoms with E-state index >= 15 is 0 Å². The van der Waals surface area contributed by atoms with Gasteiger partial charge in [-0.15, -0.1) is 10.2 Å². The first-order chi connectivity index (χ1) is 12.8. The number of nitrogens with zero attached hydrogens (tertiary/aromatic N) is 4. The zero-order chi connectivity index (χ0) is 17.9. The van der Waals surface area contributed by atoms with Crippen LogP contribution in [0.5, 0.6) is 0 Å². The lowest BCUT2D eigenvalue weighted by Gasteiger charge is -2.09. The maximum atomic E-state index is 4.75. The SMILES string of the molecule is CCn1c(SCc2ccc3ccccc3n2)nnc1-c1ccccc1C. The van der Waals surface area contributed by atoms with E-state index in [0.717, 1.165) is 40.1 Å². The van der Waals surface area contributed by atoms with Crippen LogP contribution in [0.25, 0.3) is 22.3 Å². The Balaban J connectivity index is 1.59. The van der Waals surface area contributed by atoms with Crippen molar-refractivity contribution < 1.29 is 0 Å². The number of hydrogen-bond donors (Lipinski definition) is 0. The van der Waals surface area contributed by atoms with Crippen molar-refractivity contribution in [1.29, 1.82) is 0 Å². The van der Waals surface area contributed by atoms with Crippen LogP contribution < -0.4 is 0 Å². The van der Waals surface area contributed by atoms with Gasteiger partial charge in [-0.2, -0.15) is 0 Å². The van der Waals surface area contributed by atoms with Gasteiger partial charge in [0, 0.05) is 23.2 Å². The minimum Gasteiger partial charge on any atom is -0.302 e. The summed E-state index contributed by atoms with van der Waals surface area (Å²) in [5, 5.41) is 11.0. The van der Waals surface area contributed by atoms with Gasteiger partial charge < -0.3 is 4.57 Å². The number of thioether (sulfide) groups is 1. The average molecular weight is 360 g/mol. The zero-order valence-electron chi connectivity index (χ0n) is 14.9. The molecule has 0 aliphatic carbocycles. The summed E-state index contributed by atoms with van der Waals surface area (Å²) in [6, 6.07) is 20.7. The Morgan fingerprint density at radius 2 is 1.73 bits per heavy atom. The lowest BCUT2D eigenvalue weighted by molar-refractivity contribution is 0.687. The van der Waals surface area contributed by atoms with Crippen molar-refractivity contribution in [2.45, 2.75) is 31.3 Å². The Bertz CT molecular complexity index is 1050. The predicted molar refractivity (Wildman–Crippen MR) is 107 cm³/mol. The minimum atomic E-state index is 0.775. The van der Waals surface area contributed by atoms with Crippen molar-refractivity contribution in [2.75, 3.05) is 0 Å². The number of pyridine rings is 1. The van der Waals surface area contributed by atoms with Gasteiger partial charge in [-0.1, -0.05) is 60.3 Å². The largest absolute Gasteiger partial charge is 0.302 e. The summed E-state index contributed by atoms with van der Waals surface area (Å²) in [7, 11) is 0. The van der Waals surface area contributed by atoms with E-state index in [9.17, 15) is 0 Å². The standard InChI is InChI=1S/C21H20N4S/c1-3-25-20(18-10-6-4-8-15(18)2)23-24-21(25)26-14-17-13-12-16-9-5-7-11-19(16)22-17/h4-13H,3,14H2,1-2H3. The number of hydrogen-bond acceptors (Lipinski definition) is 4. The smallest absolute Gasteiger partial charge is 0.191 e. The van der Waals surface area contributed by atoms with Crippen LogP contribution >= 0.6 is 11.8 Å².